The lowest BCUT2D eigenvalue weighted by Crippen LogP contribution is -2.37. The lowest BCUT2D eigenvalue weighted by Gasteiger charge is -2.33. The number of nitrogens with one attached hydrogen (secondary N) is 2. The summed E-state index contributed by atoms with van der Waals surface area (Å²) in [6.45, 7) is 3.51. The molecule has 1 aliphatic rings. The van der Waals surface area contributed by atoms with E-state index >= 15 is 0 Å². The van der Waals surface area contributed by atoms with Crippen LogP contribution in [0, 0.1) is 6.92 Å². The summed E-state index contributed by atoms with van der Waals surface area (Å²) >= 11 is 0. The van der Waals surface area contributed by atoms with Crippen LogP contribution < -0.4 is 10.6 Å². The summed E-state index contributed by atoms with van der Waals surface area (Å²) < 4.78 is 3.82. The van der Waals surface area contributed by atoms with E-state index in [0.29, 0.717) is 5.65 Å². The average Bonchev–Trinajstić information content (AvgIpc) is 3.48. The molecule has 2 N–H and O–H groups in total. The fourth-order valence-corrected chi connectivity index (χ4v) is 4.69. The predicted molar refractivity (Wildman–Crippen MR) is 119 cm³/mol. The number of nitrogens with zero attached hydrogens (tertiary/aromatic N) is 8. The van der Waals surface area contributed by atoms with E-state index in [2.05, 4.69) is 35.0 Å². The van der Waals surface area contributed by atoms with Crippen molar-refractivity contribution in [3.8, 4) is 11.4 Å². The number of piperidine rings is 1. The quantitative estimate of drug-likeness (QED) is 0.448. The Labute approximate surface area is 182 Å². The van der Waals surface area contributed by atoms with E-state index in [0.717, 1.165) is 65.5 Å². The fraction of sp³-hybridized carbons (Fsp3) is 0.333. The number of pyridine rings is 1. The molecule has 11 nitrogen and oxygen atoms in total. The number of anilines is 1. The van der Waals surface area contributed by atoms with Crippen LogP contribution in [0.5, 0.6) is 0 Å². The van der Waals surface area contributed by atoms with Crippen molar-refractivity contribution in [2.24, 2.45) is 7.05 Å². The molecule has 0 aliphatic carbocycles. The number of aromatic nitrogens is 9. The van der Waals surface area contributed by atoms with E-state index < -0.39 is 0 Å². The van der Waals surface area contributed by atoms with Gasteiger partial charge in [-0.15, -0.1) is 0 Å². The number of aryl methyl sites for hydroxylation is 2. The van der Waals surface area contributed by atoms with Crippen LogP contribution in [0.4, 0.5) is 5.82 Å². The van der Waals surface area contributed by atoms with Crippen molar-refractivity contribution in [2.75, 3.05) is 18.0 Å². The zero-order valence-electron chi connectivity index (χ0n) is 17.8. The van der Waals surface area contributed by atoms with E-state index in [1.54, 1.807) is 18.7 Å². The predicted octanol–water partition coefficient (Wildman–Crippen LogP) is 1.94. The monoisotopic (exact) mass is 430 g/mol. The molecule has 0 spiro atoms. The number of aromatic amines is 2. The van der Waals surface area contributed by atoms with Gasteiger partial charge in [0, 0.05) is 38.1 Å². The SMILES string of the molecule is Cc1[nH]ncc1-c1nc2c(N3CCC(n4c(=O)[nH]c5ncccc54)CC3)ncnc2n1C. The maximum atomic E-state index is 12.6. The molecule has 0 radical (unpaired) electrons. The maximum Gasteiger partial charge on any atom is 0.327 e. The van der Waals surface area contributed by atoms with E-state index in [1.807, 2.05) is 35.2 Å². The molecule has 0 atom stereocenters. The number of imidazole rings is 2. The van der Waals surface area contributed by atoms with Gasteiger partial charge < -0.3 is 9.47 Å². The van der Waals surface area contributed by atoms with Gasteiger partial charge >= 0.3 is 5.69 Å². The second-order valence-corrected chi connectivity index (χ2v) is 8.16. The molecule has 0 aromatic carbocycles. The van der Waals surface area contributed by atoms with Crippen molar-refractivity contribution < 1.29 is 0 Å². The Morgan fingerprint density at radius 1 is 1.16 bits per heavy atom. The van der Waals surface area contributed by atoms with Crippen molar-refractivity contribution in [2.45, 2.75) is 25.8 Å². The van der Waals surface area contributed by atoms with Gasteiger partial charge in [-0.1, -0.05) is 0 Å². The highest BCUT2D eigenvalue weighted by molar-refractivity contribution is 5.87. The van der Waals surface area contributed by atoms with Gasteiger partial charge in [0.25, 0.3) is 0 Å². The Kier molecular flexibility index (Phi) is 4.10. The van der Waals surface area contributed by atoms with E-state index in [-0.39, 0.29) is 11.7 Å². The normalized spacial score (nSPS) is 15.2. The molecular formula is C21H22N10O. The van der Waals surface area contributed by atoms with Crippen LogP contribution in [0.1, 0.15) is 24.6 Å². The lowest BCUT2D eigenvalue weighted by atomic mass is 10.0. The first-order valence-electron chi connectivity index (χ1n) is 10.6. The molecule has 1 aliphatic heterocycles. The number of fused-ring (bicyclic) bond motifs is 2. The van der Waals surface area contributed by atoms with E-state index in [9.17, 15) is 4.79 Å². The third-order valence-electron chi connectivity index (χ3n) is 6.33. The summed E-state index contributed by atoms with van der Waals surface area (Å²) in [6, 6.07) is 3.91. The molecular weight excluding hydrogens is 408 g/mol. The van der Waals surface area contributed by atoms with Gasteiger partial charge in [0.1, 0.15) is 12.2 Å². The van der Waals surface area contributed by atoms with Crippen molar-refractivity contribution in [3.05, 3.63) is 47.0 Å². The molecule has 0 bridgehead atoms. The first kappa shape index (κ1) is 18.7. The zero-order chi connectivity index (χ0) is 21.8. The van der Waals surface area contributed by atoms with Crippen LogP contribution in [0.25, 0.3) is 33.7 Å². The third kappa shape index (κ3) is 2.74. The van der Waals surface area contributed by atoms with Crippen LogP contribution >= 0.6 is 0 Å². The highest BCUT2D eigenvalue weighted by atomic mass is 16.1. The van der Waals surface area contributed by atoms with Gasteiger partial charge in [0.2, 0.25) is 0 Å². The topological polar surface area (TPSA) is 126 Å². The number of rotatable bonds is 3. The third-order valence-corrected chi connectivity index (χ3v) is 6.33. The number of hydrogen-bond donors (Lipinski definition) is 2. The Hall–Kier alpha value is -4.02. The lowest BCUT2D eigenvalue weighted by molar-refractivity contribution is 0.395. The van der Waals surface area contributed by atoms with E-state index in [1.165, 1.54) is 0 Å². The van der Waals surface area contributed by atoms with Gasteiger partial charge in [-0.05, 0) is 31.9 Å². The second kappa shape index (κ2) is 7.01. The Balaban J connectivity index is 1.32. The summed E-state index contributed by atoms with van der Waals surface area (Å²) in [7, 11) is 1.96. The maximum absolute atomic E-state index is 12.6. The van der Waals surface area contributed by atoms with Gasteiger partial charge in [-0.3, -0.25) is 14.6 Å². The van der Waals surface area contributed by atoms with Crippen LogP contribution in [-0.4, -0.2) is 57.3 Å². The molecule has 6 rings (SSSR count). The Bertz CT molecular complexity index is 1500. The number of H-pyrrole nitrogens is 2. The van der Waals surface area contributed by atoms with Gasteiger partial charge in [0.05, 0.1) is 17.3 Å². The minimum absolute atomic E-state index is 0.105. The molecule has 1 saturated heterocycles. The molecule has 5 aromatic heterocycles. The van der Waals surface area contributed by atoms with E-state index in [4.69, 9.17) is 4.98 Å². The minimum atomic E-state index is -0.105. The summed E-state index contributed by atoms with van der Waals surface area (Å²) in [4.78, 5) is 35.9. The Morgan fingerprint density at radius 3 is 2.78 bits per heavy atom. The molecule has 5 aromatic rings. The van der Waals surface area contributed by atoms with Crippen LogP contribution in [0.3, 0.4) is 0 Å². The van der Waals surface area contributed by atoms with Crippen molar-refractivity contribution in [3.63, 3.8) is 0 Å². The largest absolute Gasteiger partial charge is 0.355 e. The molecule has 0 saturated carbocycles. The number of hydrogen-bond acceptors (Lipinski definition) is 7. The van der Waals surface area contributed by atoms with Gasteiger partial charge in [-0.25, -0.2) is 24.7 Å². The first-order valence-corrected chi connectivity index (χ1v) is 10.6. The van der Waals surface area contributed by atoms with Gasteiger partial charge in [-0.2, -0.15) is 5.10 Å². The first-order chi connectivity index (χ1) is 15.6. The molecule has 11 heteroatoms. The Morgan fingerprint density at radius 2 is 2.00 bits per heavy atom. The van der Waals surface area contributed by atoms with Crippen molar-refractivity contribution in [1.29, 1.82) is 0 Å². The van der Waals surface area contributed by atoms with Crippen LogP contribution in [-0.2, 0) is 7.05 Å². The van der Waals surface area contributed by atoms with Crippen LogP contribution in [0.15, 0.2) is 35.6 Å². The molecule has 0 unspecified atom stereocenters. The highest BCUT2D eigenvalue weighted by Crippen LogP contribution is 2.32. The summed E-state index contributed by atoms with van der Waals surface area (Å²) in [5.41, 5.74) is 4.84. The second-order valence-electron chi connectivity index (χ2n) is 8.16. The van der Waals surface area contributed by atoms with Crippen molar-refractivity contribution in [1.82, 2.24) is 44.3 Å². The minimum Gasteiger partial charge on any atom is -0.355 e. The average molecular weight is 430 g/mol. The molecule has 0 amide bonds. The van der Waals surface area contributed by atoms with Crippen molar-refractivity contribution >= 4 is 28.1 Å². The molecule has 1 fully saturated rings. The molecule has 32 heavy (non-hydrogen) atoms. The fourth-order valence-electron chi connectivity index (χ4n) is 4.69. The molecule has 6 heterocycles. The molecule has 162 valence electrons. The summed E-state index contributed by atoms with van der Waals surface area (Å²) in [6.07, 6.45) is 6.72. The summed E-state index contributed by atoms with van der Waals surface area (Å²) in [5.74, 6) is 1.63. The van der Waals surface area contributed by atoms with Crippen LogP contribution in [0.2, 0.25) is 0 Å². The zero-order valence-corrected chi connectivity index (χ0v) is 17.8. The highest BCUT2D eigenvalue weighted by Gasteiger charge is 2.27. The smallest absolute Gasteiger partial charge is 0.327 e. The standard InChI is InChI=1S/C21H22N10O/c1-12-14(10-25-28-12)18-26-16-19(29(18)2)23-11-24-20(16)30-8-5-13(6-9-30)31-15-4-3-7-22-17(15)27-21(31)32/h3-4,7,10-11,13H,5-6,8-9H2,1-2H3,(H,25,28)(H,22,27,32). The summed E-state index contributed by atoms with van der Waals surface area (Å²) in [5, 5.41) is 7.09. The van der Waals surface area contributed by atoms with Gasteiger partial charge in [0.15, 0.2) is 22.6 Å².